The molecule has 3 rings (SSSR count). The Morgan fingerprint density at radius 1 is 1.46 bits per heavy atom. The van der Waals surface area contributed by atoms with E-state index in [9.17, 15) is 4.79 Å². The molecule has 6 heteroatoms. The fourth-order valence-corrected chi connectivity index (χ4v) is 3.30. The van der Waals surface area contributed by atoms with Crippen molar-refractivity contribution >= 4 is 33.7 Å². The van der Waals surface area contributed by atoms with Crippen LogP contribution in [0.3, 0.4) is 0 Å². The van der Waals surface area contributed by atoms with Crippen LogP contribution in [0, 0.1) is 0 Å². The van der Waals surface area contributed by atoms with Crippen molar-refractivity contribution in [2.75, 3.05) is 19.0 Å². The van der Waals surface area contributed by atoms with E-state index in [1.807, 2.05) is 23.2 Å². The van der Waals surface area contributed by atoms with Gasteiger partial charge < -0.3 is 10.1 Å². The number of aromatic nitrogens is 2. The Morgan fingerprint density at radius 2 is 2.29 bits per heavy atom. The number of fused-ring (bicyclic) bond motifs is 1. The molecular weight excluding hydrogens is 370 g/mol. The monoisotopic (exact) mass is 389 g/mol. The first-order chi connectivity index (χ1) is 11.6. The number of alkyl halides is 1. The Balaban J connectivity index is 1.94. The number of carbonyl (C=O) groups excluding carboxylic acids is 1. The fraction of sp³-hybridized carbons (Fsp3) is 0.333. The number of aryl methyl sites for hydroxylation is 1. The SMILES string of the molecule is CCn1cc(C(Br)c2ccc3c(c2)C=C(C(=O)OC)CCN3)cn1. The summed E-state index contributed by atoms with van der Waals surface area (Å²) < 4.78 is 6.77. The molecule has 0 amide bonds. The van der Waals surface area contributed by atoms with E-state index in [1.165, 1.54) is 7.11 Å². The van der Waals surface area contributed by atoms with Crippen molar-refractivity contribution in [2.45, 2.75) is 24.7 Å². The van der Waals surface area contributed by atoms with Crippen molar-refractivity contribution in [3.8, 4) is 0 Å². The Hall–Kier alpha value is -2.08. The Kier molecular flexibility index (Phi) is 5.04. The van der Waals surface area contributed by atoms with Gasteiger partial charge in [0, 0.05) is 36.1 Å². The van der Waals surface area contributed by atoms with Gasteiger partial charge in [-0.2, -0.15) is 5.10 Å². The van der Waals surface area contributed by atoms with Gasteiger partial charge in [-0.25, -0.2) is 4.79 Å². The molecule has 5 nitrogen and oxygen atoms in total. The molecular formula is C18H20BrN3O2. The molecule has 1 aliphatic rings. The van der Waals surface area contributed by atoms with Crippen molar-refractivity contribution < 1.29 is 9.53 Å². The van der Waals surface area contributed by atoms with Crippen LogP contribution >= 0.6 is 15.9 Å². The first-order valence-corrected chi connectivity index (χ1v) is 8.87. The van der Waals surface area contributed by atoms with Crippen molar-refractivity contribution in [3.05, 3.63) is 52.9 Å². The van der Waals surface area contributed by atoms with Crippen LogP contribution in [0.2, 0.25) is 0 Å². The largest absolute Gasteiger partial charge is 0.466 e. The highest BCUT2D eigenvalue weighted by molar-refractivity contribution is 9.09. The number of methoxy groups -OCH3 is 1. The van der Waals surface area contributed by atoms with Crippen LogP contribution in [0.5, 0.6) is 0 Å². The lowest BCUT2D eigenvalue weighted by Gasteiger charge is -2.12. The first-order valence-electron chi connectivity index (χ1n) is 7.95. The molecule has 0 saturated carbocycles. The van der Waals surface area contributed by atoms with E-state index in [1.54, 1.807) is 0 Å². The Bertz CT molecular complexity index is 782. The highest BCUT2D eigenvalue weighted by Crippen LogP contribution is 2.34. The fourth-order valence-electron chi connectivity index (χ4n) is 2.78. The van der Waals surface area contributed by atoms with Crippen LogP contribution in [0.1, 0.15) is 34.9 Å². The number of benzene rings is 1. The third-order valence-corrected chi connectivity index (χ3v) is 5.18. The summed E-state index contributed by atoms with van der Waals surface area (Å²) in [6.07, 6.45) is 6.49. The third-order valence-electron chi connectivity index (χ3n) is 4.13. The topological polar surface area (TPSA) is 56.1 Å². The molecule has 2 heterocycles. The molecule has 0 spiro atoms. The van der Waals surface area contributed by atoms with Gasteiger partial charge in [0.1, 0.15) is 0 Å². The molecule has 0 saturated heterocycles. The highest BCUT2D eigenvalue weighted by Gasteiger charge is 2.18. The van der Waals surface area contributed by atoms with E-state index < -0.39 is 0 Å². The molecule has 0 bridgehead atoms. The molecule has 1 aromatic carbocycles. The van der Waals surface area contributed by atoms with E-state index in [-0.39, 0.29) is 10.8 Å². The zero-order chi connectivity index (χ0) is 17.1. The quantitative estimate of drug-likeness (QED) is 0.638. The molecule has 24 heavy (non-hydrogen) atoms. The molecule has 0 aliphatic carbocycles. The summed E-state index contributed by atoms with van der Waals surface area (Å²) in [6.45, 7) is 3.63. The van der Waals surface area contributed by atoms with Gasteiger partial charge >= 0.3 is 5.97 Å². The number of nitrogens with zero attached hydrogens (tertiary/aromatic N) is 2. The zero-order valence-electron chi connectivity index (χ0n) is 13.8. The maximum atomic E-state index is 11.9. The van der Waals surface area contributed by atoms with Gasteiger partial charge in [-0.1, -0.05) is 22.0 Å². The van der Waals surface area contributed by atoms with Gasteiger partial charge in [-0.3, -0.25) is 4.68 Å². The second-order valence-electron chi connectivity index (χ2n) is 5.68. The molecule has 126 valence electrons. The minimum atomic E-state index is -0.269. The number of hydrogen-bond donors (Lipinski definition) is 1. The number of carbonyl (C=O) groups is 1. The van der Waals surface area contributed by atoms with Crippen molar-refractivity contribution in [1.82, 2.24) is 9.78 Å². The normalized spacial score (nSPS) is 14.9. The highest BCUT2D eigenvalue weighted by atomic mass is 79.9. The number of halogens is 1. The van der Waals surface area contributed by atoms with Gasteiger partial charge in [0.25, 0.3) is 0 Å². The number of ether oxygens (including phenoxy) is 1. The Morgan fingerprint density at radius 3 is 3.00 bits per heavy atom. The molecule has 1 unspecified atom stereocenters. The number of esters is 1. The first kappa shape index (κ1) is 16.8. The number of anilines is 1. The lowest BCUT2D eigenvalue weighted by molar-refractivity contribution is -0.136. The molecule has 1 N–H and O–H groups in total. The minimum absolute atomic E-state index is 0.0568. The molecule has 1 atom stereocenters. The number of nitrogens with one attached hydrogen (secondary N) is 1. The average Bonchev–Trinajstić information content (AvgIpc) is 2.99. The Labute approximate surface area is 149 Å². The number of hydrogen-bond acceptors (Lipinski definition) is 4. The summed E-state index contributed by atoms with van der Waals surface area (Å²) in [5.74, 6) is -0.269. The van der Waals surface area contributed by atoms with Gasteiger partial charge in [-0.15, -0.1) is 0 Å². The van der Waals surface area contributed by atoms with Gasteiger partial charge in [0.15, 0.2) is 0 Å². The minimum Gasteiger partial charge on any atom is -0.466 e. The molecule has 1 aliphatic heterocycles. The summed E-state index contributed by atoms with van der Waals surface area (Å²) in [5, 5.41) is 7.69. The van der Waals surface area contributed by atoms with E-state index in [0.29, 0.717) is 18.5 Å². The predicted octanol–water partition coefficient (Wildman–Crippen LogP) is 3.76. The maximum Gasteiger partial charge on any atom is 0.333 e. The van der Waals surface area contributed by atoms with Crippen LogP contribution < -0.4 is 5.32 Å². The summed E-state index contributed by atoms with van der Waals surface area (Å²) in [5.41, 5.74) is 4.94. The van der Waals surface area contributed by atoms with E-state index in [2.05, 4.69) is 51.5 Å². The maximum absolute atomic E-state index is 11.9. The van der Waals surface area contributed by atoms with Crippen molar-refractivity contribution in [3.63, 3.8) is 0 Å². The standard InChI is InChI=1S/C18H20BrN3O2/c1-3-22-11-15(10-21-22)17(19)12-4-5-16-14(8-12)9-13(6-7-20-16)18(23)24-2/h4-5,8-11,17,20H,3,6-7H2,1-2H3. The predicted molar refractivity (Wildman–Crippen MR) is 98.2 cm³/mol. The summed E-state index contributed by atoms with van der Waals surface area (Å²) in [6, 6.07) is 6.24. The smallest absolute Gasteiger partial charge is 0.333 e. The van der Waals surface area contributed by atoms with Gasteiger partial charge in [-0.05, 0) is 42.7 Å². The zero-order valence-corrected chi connectivity index (χ0v) is 15.3. The second-order valence-corrected chi connectivity index (χ2v) is 6.59. The van der Waals surface area contributed by atoms with Crippen LogP contribution in [-0.4, -0.2) is 29.4 Å². The van der Waals surface area contributed by atoms with Crippen LogP contribution in [0.25, 0.3) is 6.08 Å². The molecule has 0 radical (unpaired) electrons. The number of rotatable bonds is 4. The average molecular weight is 390 g/mol. The van der Waals surface area contributed by atoms with E-state index in [0.717, 1.165) is 28.9 Å². The van der Waals surface area contributed by atoms with Crippen LogP contribution in [-0.2, 0) is 16.1 Å². The van der Waals surface area contributed by atoms with Crippen molar-refractivity contribution in [2.24, 2.45) is 0 Å². The van der Waals surface area contributed by atoms with Crippen LogP contribution in [0.15, 0.2) is 36.2 Å². The second kappa shape index (κ2) is 7.21. The van der Waals surface area contributed by atoms with E-state index in [4.69, 9.17) is 4.74 Å². The molecule has 0 fully saturated rings. The van der Waals surface area contributed by atoms with Crippen LogP contribution in [0.4, 0.5) is 5.69 Å². The summed E-state index contributed by atoms with van der Waals surface area (Å²) in [4.78, 5) is 11.9. The van der Waals surface area contributed by atoms with Crippen molar-refractivity contribution in [1.29, 1.82) is 0 Å². The summed E-state index contributed by atoms with van der Waals surface area (Å²) in [7, 11) is 1.42. The molecule has 1 aromatic heterocycles. The summed E-state index contributed by atoms with van der Waals surface area (Å²) >= 11 is 3.76. The van der Waals surface area contributed by atoms with Gasteiger partial charge in [0.05, 0.1) is 18.1 Å². The van der Waals surface area contributed by atoms with Gasteiger partial charge in [0.2, 0.25) is 0 Å². The third kappa shape index (κ3) is 3.38. The lowest BCUT2D eigenvalue weighted by Crippen LogP contribution is -2.07. The lowest BCUT2D eigenvalue weighted by atomic mass is 10.0. The van der Waals surface area contributed by atoms with E-state index >= 15 is 0 Å². The molecule has 2 aromatic rings.